The third-order valence-corrected chi connectivity index (χ3v) is 3.41. The Kier molecular flexibility index (Phi) is 5.07. The van der Waals surface area contributed by atoms with Gasteiger partial charge in [0.25, 0.3) is 5.91 Å². The van der Waals surface area contributed by atoms with E-state index in [0.29, 0.717) is 11.3 Å². The second kappa shape index (κ2) is 7.01. The number of hydrogen-bond acceptors (Lipinski definition) is 7. The van der Waals surface area contributed by atoms with E-state index in [4.69, 9.17) is 0 Å². The van der Waals surface area contributed by atoms with Gasteiger partial charge in [-0.25, -0.2) is 9.69 Å². The van der Waals surface area contributed by atoms with Crippen molar-refractivity contribution in [3.05, 3.63) is 29.8 Å². The number of hydrogen-bond donors (Lipinski definition) is 1. The second-order valence-electron chi connectivity index (χ2n) is 4.82. The predicted molar refractivity (Wildman–Crippen MR) is 78.7 cm³/mol. The Morgan fingerprint density at radius 2 is 1.83 bits per heavy atom. The third-order valence-electron chi connectivity index (χ3n) is 3.41. The van der Waals surface area contributed by atoms with E-state index in [1.165, 1.54) is 38.5 Å². The predicted octanol–water partition coefficient (Wildman–Crippen LogP) is -0.132. The van der Waals surface area contributed by atoms with Gasteiger partial charge >= 0.3 is 11.9 Å². The van der Waals surface area contributed by atoms with Crippen LogP contribution in [-0.2, 0) is 23.9 Å². The SMILES string of the molecule is COC(=O)CNC1CC(=O)N(c2ccc(C(=O)OC)cc2)C1=O. The van der Waals surface area contributed by atoms with E-state index in [2.05, 4.69) is 14.8 Å². The number of rotatable bonds is 5. The Bertz CT molecular complexity index is 640. The highest BCUT2D eigenvalue weighted by Gasteiger charge is 2.39. The van der Waals surface area contributed by atoms with Crippen LogP contribution in [0, 0.1) is 0 Å². The quantitative estimate of drug-likeness (QED) is 0.595. The minimum atomic E-state index is -0.776. The Morgan fingerprint density at radius 1 is 1.17 bits per heavy atom. The summed E-state index contributed by atoms with van der Waals surface area (Å²) >= 11 is 0. The topological polar surface area (TPSA) is 102 Å². The molecule has 1 N–H and O–H groups in total. The van der Waals surface area contributed by atoms with E-state index < -0.39 is 23.9 Å². The first kappa shape index (κ1) is 16.6. The van der Waals surface area contributed by atoms with Crippen LogP contribution in [0.5, 0.6) is 0 Å². The van der Waals surface area contributed by atoms with Gasteiger partial charge < -0.3 is 9.47 Å². The van der Waals surface area contributed by atoms with Crippen LogP contribution in [-0.4, -0.2) is 50.6 Å². The number of amides is 2. The Hall–Kier alpha value is -2.74. The fourth-order valence-electron chi connectivity index (χ4n) is 2.21. The summed E-state index contributed by atoms with van der Waals surface area (Å²) < 4.78 is 9.06. The minimum Gasteiger partial charge on any atom is -0.468 e. The number of carbonyl (C=O) groups is 4. The van der Waals surface area contributed by atoms with E-state index in [-0.39, 0.29) is 18.9 Å². The van der Waals surface area contributed by atoms with Gasteiger partial charge in [-0.2, -0.15) is 0 Å². The molecule has 122 valence electrons. The lowest BCUT2D eigenvalue weighted by Gasteiger charge is -2.15. The van der Waals surface area contributed by atoms with Crippen molar-refractivity contribution in [2.45, 2.75) is 12.5 Å². The molecule has 1 atom stereocenters. The number of esters is 2. The normalized spacial score (nSPS) is 17.3. The van der Waals surface area contributed by atoms with Crippen LogP contribution in [0.15, 0.2) is 24.3 Å². The molecule has 2 rings (SSSR count). The number of nitrogens with zero attached hydrogens (tertiary/aromatic N) is 1. The number of ether oxygens (including phenoxy) is 2. The van der Waals surface area contributed by atoms with Crippen LogP contribution < -0.4 is 10.2 Å². The molecule has 0 aromatic heterocycles. The fraction of sp³-hybridized carbons (Fsp3) is 0.333. The van der Waals surface area contributed by atoms with Crippen molar-refractivity contribution in [1.82, 2.24) is 5.32 Å². The lowest BCUT2D eigenvalue weighted by atomic mass is 10.2. The molecular weight excluding hydrogens is 304 g/mol. The number of carbonyl (C=O) groups excluding carboxylic acids is 4. The monoisotopic (exact) mass is 320 g/mol. The fourth-order valence-corrected chi connectivity index (χ4v) is 2.21. The molecular formula is C15H16N2O6. The Morgan fingerprint density at radius 3 is 2.39 bits per heavy atom. The summed E-state index contributed by atoms with van der Waals surface area (Å²) in [5.41, 5.74) is 0.672. The van der Waals surface area contributed by atoms with Crippen molar-refractivity contribution in [2.75, 3.05) is 25.7 Å². The zero-order valence-corrected chi connectivity index (χ0v) is 12.7. The van der Waals surface area contributed by atoms with Gasteiger partial charge in [0.15, 0.2) is 0 Å². The molecule has 0 radical (unpaired) electrons. The van der Waals surface area contributed by atoms with Crippen molar-refractivity contribution in [1.29, 1.82) is 0 Å². The van der Waals surface area contributed by atoms with Gasteiger partial charge in [0.1, 0.15) is 0 Å². The number of imide groups is 1. The molecule has 1 fully saturated rings. The maximum atomic E-state index is 12.3. The van der Waals surface area contributed by atoms with Gasteiger partial charge in [0.05, 0.1) is 44.5 Å². The number of benzene rings is 1. The van der Waals surface area contributed by atoms with Crippen LogP contribution >= 0.6 is 0 Å². The molecule has 8 nitrogen and oxygen atoms in total. The molecule has 0 bridgehead atoms. The molecule has 0 spiro atoms. The molecule has 0 saturated carbocycles. The molecule has 1 aliphatic rings. The standard InChI is InChI=1S/C15H16N2O6/c1-22-13(19)8-16-11-7-12(18)17(14(11)20)10-5-3-9(4-6-10)15(21)23-2/h3-6,11,16H,7-8H2,1-2H3. The summed E-state index contributed by atoms with van der Waals surface area (Å²) in [5, 5.41) is 2.69. The molecule has 1 saturated heterocycles. The zero-order chi connectivity index (χ0) is 17.0. The molecule has 8 heteroatoms. The highest BCUT2D eigenvalue weighted by molar-refractivity contribution is 6.22. The van der Waals surface area contributed by atoms with Crippen molar-refractivity contribution in [3.8, 4) is 0 Å². The van der Waals surface area contributed by atoms with Gasteiger partial charge in [0, 0.05) is 0 Å². The molecule has 1 aromatic rings. The van der Waals surface area contributed by atoms with Crippen molar-refractivity contribution in [2.24, 2.45) is 0 Å². The average molecular weight is 320 g/mol. The van der Waals surface area contributed by atoms with Crippen LogP contribution in [0.25, 0.3) is 0 Å². The van der Waals surface area contributed by atoms with E-state index in [0.717, 1.165) is 4.90 Å². The van der Waals surface area contributed by atoms with E-state index in [9.17, 15) is 19.2 Å². The molecule has 1 aromatic carbocycles. The van der Waals surface area contributed by atoms with Gasteiger partial charge in [-0.05, 0) is 24.3 Å². The smallest absolute Gasteiger partial charge is 0.337 e. The summed E-state index contributed by atoms with van der Waals surface area (Å²) in [7, 11) is 2.50. The van der Waals surface area contributed by atoms with Gasteiger partial charge in [-0.3, -0.25) is 19.7 Å². The molecule has 1 heterocycles. The van der Waals surface area contributed by atoms with Crippen molar-refractivity contribution >= 4 is 29.4 Å². The van der Waals surface area contributed by atoms with E-state index >= 15 is 0 Å². The number of methoxy groups -OCH3 is 2. The van der Waals surface area contributed by atoms with E-state index in [1.807, 2.05) is 0 Å². The summed E-state index contributed by atoms with van der Waals surface area (Å²) in [6, 6.07) is 5.14. The second-order valence-corrected chi connectivity index (χ2v) is 4.82. The number of anilines is 1. The first-order chi connectivity index (χ1) is 11.0. The summed E-state index contributed by atoms with van der Waals surface area (Å²) in [4.78, 5) is 47.8. The molecule has 1 unspecified atom stereocenters. The largest absolute Gasteiger partial charge is 0.468 e. The zero-order valence-electron chi connectivity index (χ0n) is 12.7. The highest BCUT2D eigenvalue weighted by atomic mass is 16.5. The van der Waals surface area contributed by atoms with E-state index in [1.54, 1.807) is 0 Å². The average Bonchev–Trinajstić information content (AvgIpc) is 2.85. The lowest BCUT2D eigenvalue weighted by molar-refractivity contribution is -0.139. The van der Waals surface area contributed by atoms with Crippen LogP contribution in [0.4, 0.5) is 5.69 Å². The van der Waals surface area contributed by atoms with Crippen LogP contribution in [0.1, 0.15) is 16.8 Å². The first-order valence-electron chi connectivity index (χ1n) is 6.83. The van der Waals surface area contributed by atoms with Crippen molar-refractivity contribution in [3.63, 3.8) is 0 Å². The molecule has 1 aliphatic heterocycles. The van der Waals surface area contributed by atoms with Crippen molar-refractivity contribution < 1.29 is 28.7 Å². The van der Waals surface area contributed by atoms with Gasteiger partial charge in [-0.1, -0.05) is 0 Å². The maximum absolute atomic E-state index is 12.3. The summed E-state index contributed by atoms with van der Waals surface area (Å²) in [6.45, 7) is -0.157. The maximum Gasteiger partial charge on any atom is 0.337 e. The van der Waals surface area contributed by atoms with Crippen LogP contribution in [0.3, 0.4) is 0 Å². The first-order valence-corrected chi connectivity index (χ1v) is 6.83. The summed E-state index contributed by atoms with van der Waals surface area (Å²) in [5.74, 6) is -1.87. The minimum absolute atomic E-state index is 0.0470. The molecule has 2 amide bonds. The third kappa shape index (κ3) is 3.54. The molecule has 0 aliphatic carbocycles. The summed E-state index contributed by atoms with van der Waals surface area (Å²) in [6.07, 6.45) is -0.0470. The Labute approximate surface area is 132 Å². The highest BCUT2D eigenvalue weighted by Crippen LogP contribution is 2.23. The Balaban J connectivity index is 2.10. The lowest BCUT2D eigenvalue weighted by Crippen LogP contribution is -2.41. The molecule has 23 heavy (non-hydrogen) atoms. The number of nitrogens with one attached hydrogen (secondary N) is 1. The van der Waals surface area contributed by atoms with Gasteiger partial charge in [-0.15, -0.1) is 0 Å². The van der Waals surface area contributed by atoms with Crippen LogP contribution in [0.2, 0.25) is 0 Å². The van der Waals surface area contributed by atoms with Gasteiger partial charge in [0.2, 0.25) is 5.91 Å².